The molecular formula is C11H12N2. The van der Waals surface area contributed by atoms with E-state index in [9.17, 15) is 0 Å². The minimum Gasteiger partial charge on any atom is -0.324 e. The van der Waals surface area contributed by atoms with Crippen molar-refractivity contribution in [2.75, 3.05) is 0 Å². The number of benzene rings is 1. The van der Waals surface area contributed by atoms with Crippen molar-refractivity contribution in [2.24, 2.45) is 5.73 Å². The molecule has 13 heavy (non-hydrogen) atoms. The number of nitriles is 1. The average molecular weight is 172 g/mol. The zero-order valence-corrected chi connectivity index (χ0v) is 7.35. The van der Waals surface area contributed by atoms with Gasteiger partial charge in [-0.15, -0.1) is 0 Å². The first-order chi connectivity index (χ1) is 6.33. The van der Waals surface area contributed by atoms with Crippen LogP contribution in [-0.4, -0.2) is 6.04 Å². The van der Waals surface area contributed by atoms with Crippen LogP contribution in [0.2, 0.25) is 0 Å². The lowest BCUT2D eigenvalue weighted by atomic mass is 10.1. The van der Waals surface area contributed by atoms with E-state index in [1.807, 2.05) is 36.4 Å². The first-order valence-electron chi connectivity index (χ1n) is 4.18. The summed E-state index contributed by atoms with van der Waals surface area (Å²) in [7, 11) is 0. The van der Waals surface area contributed by atoms with Gasteiger partial charge in [-0.3, -0.25) is 0 Å². The molecule has 2 heteroatoms. The number of hydrogen-bond acceptors (Lipinski definition) is 2. The number of allylic oxidation sites excluding steroid dienone is 1. The SMILES string of the molecule is N#CC=C[C@H](N)Cc1ccccc1. The molecule has 0 saturated carbocycles. The van der Waals surface area contributed by atoms with Crippen molar-refractivity contribution < 1.29 is 0 Å². The van der Waals surface area contributed by atoms with E-state index in [-0.39, 0.29) is 6.04 Å². The highest BCUT2D eigenvalue weighted by molar-refractivity contribution is 5.18. The van der Waals surface area contributed by atoms with Gasteiger partial charge in [0.05, 0.1) is 6.07 Å². The lowest BCUT2D eigenvalue weighted by molar-refractivity contribution is 0.810. The van der Waals surface area contributed by atoms with Gasteiger partial charge in [-0.1, -0.05) is 36.4 Å². The van der Waals surface area contributed by atoms with Crippen molar-refractivity contribution in [1.29, 1.82) is 5.26 Å². The molecule has 0 spiro atoms. The fraction of sp³-hybridized carbons (Fsp3) is 0.182. The zero-order chi connectivity index (χ0) is 9.52. The summed E-state index contributed by atoms with van der Waals surface area (Å²) >= 11 is 0. The van der Waals surface area contributed by atoms with Crippen LogP contribution in [-0.2, 0) is 6.42 Å². The molecule has 1 rings (SSSR count). The van der Waals surface area contributed by atoms with Gasteiger partial charge in [-0.2, -0.15) is 5.26 Å². The number of hydrogen-bond donors (Lipinski definition) is 1. The lowest BCUT2D eigenvalue weighted by Crippen LogP contribution is -2.19. The predicted molar refractivity (Wildman–Crippen MR) is 52.9 cm³/mol. The van der Waals surface area contributed by atoms with E-state index in [4.69, 9.17) is 11.0 Å². The molecule has 0 aliphatic carbocycles. The molecular weight excluding hydrogens is 160 g/mol. The second-order valence-electron chi connectivity index (χ2n) is 2.84. The number of nitrogens with zero attached hydrogens (tertiary/aromatic N) is 1. The molecule has 0 aromatic heterocycles. The molecule has 0 fully saturated rings. The Balaban J connectivity index is 2.51. The summed E-state index contributed by atoms with van der Waals surface area (Å²) in [5, 5.41) is 8.29. The molecule has 0 aliphatic rings. The first kappa shape index (κ1) is 9.50. The van der Waals surface area contributed by atoms with Crippen molar-refractivity contribution >= 4 is 0 Å². The lowest BCUT2D eigenvalue weighted by Gasteiger charge is -2.04. The maximum atomic E-state index is 8.29. The highest BCUT2D eigenvalue weighted by atomic mass is 14.6. The van der Waals surface area contributed by atoms with Crippen LogP contribution in [0.5, 0.6) is 0 Å². The van der Waals surface area contributed by atoms with Crippen molar-refractivity contribution in [1.82, 2.24) is 0 Å². The Kier molecular flexibility index (Phi) is 3.74. The van der Waals surface area contributed by atoms with E-state index in [1.54, 1.807) is 6.08 Å². The molecule has 0 unspecified atom stereocenters. The molecule has 0 aliphatic heterocycles. The number of rotatable bonds is 3. The Morgan fingerprint density at radius 2 is 2.08 bits per heavy atom. The summed E-state index contributed by atoms with van der Waals surface area (Å²) in [5.41, 5.74) is 6.95. The molecule has 66 valence electrons. The van der Waals surface area contributed by atoms with Crippen LogP contribution in [0.3, 0.4) is 0 Å². The van der Waals surface area contributed by atoms with Crippen molar-refractivity contribution in [3.8, 4) is 6.07 Å². The van der Waals surface area contributed by atoms with Gasteiger partial charge in [-0.05, 0) is 12.0 Å². The van der Waals surface area contributed by atoms with Gasteiger partial charge in [0, 0.05) is 12.1 Å². The van der Waals surface area contributed by atoms with E-state index in [0.717, 1.165) is 6.42 Å². The molecule has 2 N–H and O–H groups in total. The first-order valence-corrected chi connectivity index (χ1v) is 4.18. The summed E-state index contributed by atoms with van der Waals surface area (Å²) in [6, 6.07) is 11.8. The summed E-state index contributed by atoms with van der Waals surface area (Å²) in [6.45, 7) is 0. The van der Waals surface area contributed by atoms with Gasteiger partial charge in [0.15, 0.2) is 0 Å². The van der Waals surface area contributed by atoms with Crippen LogP contribution in [0.25, 0.3) is 0 Å². The summed E-state index contributed by atoms with van der Waals surface area (Å²) in [4.78, 5) is 0. The van der Waals surface area contributed by atoms with Crippen LogP contribution < -0.4 is 5.73 Å². The van der Waals surface area contributed by atoms with Crippen LogP contribution >= 0.6 is 0 Å². The fourth-order valence-electron chi connectivity index (χ4n) is 1.12. The van der Waals surface area contributed by atoms with E-state index in [1.165, 1.54) is 11.6 Å². The van der Waals surface area contributed by atoms with E-state index in [2.05, 4.69) is 0 Å². The Hall–Kier alpha value is -1.59. The minimum atomic E-state index is -0.0675. The Labute approximate surface area is 78.3 Å². The molecule has 1 aromatic carbocycles. The van der Waals surface area contributed by atoms with Crippen LogP contribution in [0.15, 0.2) is 42.5 Å². The third-order valence-electron chi connectivity index (χ3n) is 1.73. The van der Waals surface area contributed by atoms with Gasteiger partial charge in [0.2, 0.25) is 0 Å². The van der Waals surface area contributed by atoms with E-state index >= 15 is 0 Å². The maximum absolute atomic E-state index is 8.29. The quantitative estimate of drug-likeness (QED) is 0.704. The highest BCUT2D eigenvalue weighted by Gasteiger charge is 1.97. The average Bonchev–Trinajstić information content (AvgIpc) is 2.16. The fourth-order valence-corrected chi connectivity index (χ4v) is 1.12. The third kappa shape index (κ3) is 3.55. The van der Waals surface area contributed by atoms with Crippen LogP contribution in [0.1, 0.15) is 5.56 Å². The topological polar surface area (TPSA) is 49.8 Å². The van der Waals surface area contributed by atoms with Crippen molar-refractivity contribution in [3.63, 3.8) is 0 Å². The number of nitrogens with two attached hydrogens (primary N) is 1. The van der Waals surface area contributed by atoms with Crippen LogP contribution in [0.4, 0.5) is 0 Å². The highest BCUT2D eigenvalue weighted by Crippen LogP contribution is 2.02. The molecule has 1 aromatic rings. The molecule has 2 nitrogen and oxygen atoms in total. The standard InChI is InChI=1S/C11H12N2/c12-8-4-7-11(13)9-10-5-2-1-3-6-10/h1-7,11H,9,13H2/t11-/m0/s1. The molecule has 1 atom stereocenters. The van der Waals surface area contributed by atoms with Gasteiger partial charge in [0.25, 0.3) is 0 Å². The van der Waals surface area contributed by atoms with Gasteiger partial charge >= 0.3 is 0 Å². The molecule has 0 bridgehead atoms. The Bertz CT molecular complexity index is 309. The zero-order valence-electron chi connectivity index (χ0n) is 7.35. The molecule has 0 amide bonds. The molecule has 0 saturated heterocycles. The minimum absolute atomic E-state index is 0.0675. The summed E-state index contributed by atoms with van der Waals surface area (Å²) < 4.78 is 0. The van der Waals surface area contributed by atoms with E-state index < -0.39 is 0 Å². The molecule has 0 heterocycles. The second-order valence-corrected chi connectivity index (χ2v) is 2.84. The van der Waals surface area contributed by atoms with Gasteiger partial charge in [0.1, 0.15) is 0 Å². The third-order valence-corrected chi connectivity index (χ3v) is 1.73. The Morgan fingerprint density at radius 1 is 1.38 bits per heavy atom. The Morgan fingerprint density at radius 3 is 2.69 bits per heavy atom. The van der Waals surface area contributed by atoms with Crippen LogP contribution in [0, 0.1) is 11.3 Å². The largest absolute Gasteiger partial charge is 0.324 e. The second kappa shape index (κ2) is 5.13. The maximum Gasteiger partial charge on any atom is 0.0909 e. The smallest absolute Gasteiger partial charge is 0.0909 e. The van der Waals surface area contributed by atoms with Crippen molar-refractivity contribution in [2.45, 2.75) is 12.5 Å². The molecule has 0 radical (unpaired) electrons. The monoisotopic (exact) mass is 172 g/mol. The summed E-state index contributed by atoms with van der Waals surface area (Å²) in [5.74, 6) is 0. The van der Waals surface area contributed by atoms with Gasteiger partial charge in [-0.25, -0.2) is 0 Å². The normalized spacial score (nSPS) is 12.6. The van der Waals surface area contributed by atoms with Crippen molar-refractivity contribution in [3.05, 3.63) is 48.0 Å². The predicted octanol–water partition coefficient (Wildman–Crippen LogP) is 1.64. The van der Waals surface area contributed by atoms with E-state index in [0.29, 0.717) is 0 Å². The summed E-state index contributed by atoms with van der Waals surface area (Å²) in [6.07, 6.45) is 3.92. The van der Waals surface area contributed by atoms with Gasteiger partial charge < -0.3 is 5.73 Å².